The third-order valence-electron chi connectivity index (χ3n) is 2.81. The summed E-state index contributed by atoms with van der Waals surface area (Å²) in [7, 11) is 0. The largest absolute Gasteiger partial charge is 0.487 e. The number of hydrogen-bond acceptors (Lipinski definition) is 4. The zero-order chi connectivity index (χ0) is 12.6. The molecule has 0 bridgehead atoms. The van der Waals surface area contributed by atoms with Crippen LogP contribution in [0.2, 0.25) is 0 Å². The van der Waals surface area contributed by atoms with Gasteiger partial charge in [0.15, 0.2) is 11.6 Å². The Morgan fingerprint density at radius 1 is 1.53 bits per heavy atom. The number of nitro benzene ring substituents is 1. The molecule has 0 amide bonds. The molecule has 1 saturated carbocycles. The molecule has 0 atom stereocenters. The first-order valence-electron chi connectivity index (χ1n) is 5.26. The van der Waals surface area contributed by atoms with Gasteiger partial charge in [0.2, 0.25) is 0 Å². The van der Waals surface area contributed by atoms with Gasteiger partial charge < -0.3 is 9.84 Å². The van der Waals surface area contributed by atoms with E-state index in [1.807, 2.05) is 0 Å². The summed E-state index contributed by atoms with van der Waals surface area (Å²) in [4.78, 5) is 9.95. The maximum Gasteiger partial charge on any atom is 0.275 e. The van der Waals surface area contributed by atoms with Crippen LogP contribution in [0, 0.1) is 22.9 Å². The fourth-order valence-corrected chi connectivity index (χ4v) is 1.75. The molecule has 17 heavy (non-hydrogen) atoms. The maximum absolute atomic E-state index is 13.5. The second-order valence-electron chi connectivity index (χ2n) is 4.19. The van der Waals surface area contributed by atoms with Crippen molar-refractivity contribution in [2.24, 2.45) is 0 Å². The van der Waals surface area contributed by atoms with Gasteiger partial charge in [-0.25, -0.2) is 4.39 Å². The molecule has 0 aliphatic heterocycles. The Hall–Kier alpha value is -1.69. The van der Waals surface area contributed by atoms with Crippen molar-refractivity contribution in [3.63, 3.8) is 0 Å². The summed E-state index contributed by atoms with van der Waals surface area (Å²) in [6.07, 6.45) is 0.341. The van der Waals surface area contributed by atoms with E-state index in [-0.39, 0.29) is 23.6 Å². The number of aliphatic hydroxyl groups excluding tert-OH is 1. The summed E-state index contributed by atoms with van der Waals surface area (Å²) in [5.41, 5.74) is 0.0924. The van der Waals surface area contributed by atoms with Crippen LogP contribution < -0.4 is 4.74 Å². The van der Waals surface area contributed by atoms with Crippen LogP contribution in [0.25, 0.3) is 0 Å². The molecule has 0 saturated heterocycles. The standard InChI is InChI=1S/C11H12FNO4/c1-6-2-11(17-8-3-7(14)4-8)9(12)5-10(6)13(15)16/h2,5,7-8,14H,3-4H2,1H3. The second kappa shape index (κ2) is 4.29. The van der Waals surface area contributed by atoms with E-state index >= 15 is 0 Å². The third-order valence-corrected chi connectivity index (χ3v) is 2.81. The van der Waals surface area contributed by atoms with E-state index in [4.69, 9.17) is 9.84 Å². The number of nitro groups is 1. The van der Waals surface area contributed by atoms with Gasteiger partial charge in [-0.15, -0.1) is 0 Å². The number of aliphatic hydroxyl groups is 1. The van der Waals surface area contributed by atoms with Gasteiger partial charge in [0.05, 0.1) is 17.1 Å². The molecule has 0 unspecified atom stereocenters. The number of hydrogen-bond donors (Lipinski definition) is 1. The van der Waals surface area contributed by atoms with Crippen LogP contribution in [0.4, 0.5) is 10.1 Å². The van der Waals surface area contributed by atoms with Crippen molar-refractivity contribution in [1.82, 2.24) is 0 Å². The van der Waals surface area contributed by atoms with Gasteiger partial charge in [0.25, 0.3) is 5.69 Å². The summed E-state index contributed by atoms with van der Waals surface area (Å²) in [6.45, 7) is 1.53. The Bertz CT molecular complexity index is 457. The van der Waals surface area contributed by atoms with Gasteiger partial charge in [-0.1, -0.05) is 0 Å². The predicted molar refractivity (Wildman–Crippen MR) is 57.4 cm³/mol. The summed E-state index contributed by atoms with van der Waals surface area (Å²) in [6, 6.07) is 2.18. The highest BCUT2D eigenvalue weighted by atomic mass is 19.1. The van der Waals surface area contributed by atoms with Crippen LogP contribution in [0.15, 0.2) is 12.1 Å². The lowest BCUT2D eigenvalue weighted by Gasteiger charge is -2.31. The number of nitrogens with zero attached hydrogens (tertiary/aromatic N) is 1. The normalized spacial score (nSPS) is 23.0. The molecule has 92 valence electrons. The number of rotatable bonds is 3. The molecule has 0 heterocycles. The zero-order valence-electron chi connectivity index (χ0n) is 9.22. The number of halogens is 1. The fourth-order valence-electron chi connectivity index (χ4n) is 1.75. The van der Waals surface area contributed by atoms with Crippen LogP contribution in [0.5, 0.6) is 5.75 Å². The van der Waals surface area contributed by atoms with Crippen molar-refractivity contribution in [3.8, 4) is 5.75 Å². The molecule has 0 spiro atoms. The Balaban J connectivity index is 2.18. The molecular weight excluding hydrogens is 229 g/mol. The van der Waals surface area contributed by atoms with Gasteiger partial charge >= 0.3 is 0 Å². The van der Waals surface area contributed by atoms with E-state index in [2.05, 4.69) is 0 Å². The zero-order valence-corrected chi connectivity index (χ0v) is 9.22. The van der Waals surface area contributed by atoms with E-state index in [9.17, 15) is 14.5 Å². The predicted octanol–water partition coefficient (Wildman–Crippen LogP) is 1.94. The lowest BCUT2D eigenvalue weighted by molar-refractivity contribution is -0.385. The monoisotopic (exact) mass is 241 g/mol. The van der Waals surface area contributed by atoms with Gasteiger partial charge in [-0.05, 0) is 13.0 Å². The fraction of sp³-hybridized carbons (Fsp3) is 0.455. The van der Waals surface area contributed by atoms with E-state index in [1.165, 1.54) is 13.0 Å². The van der Waals surface area contributed by atoms with Gasteiger partial charge in [-0.2, -0.15) is 0 Å². The van der Waals surface area contributed by atoms with Crippen molar-refractivity contribution in [1.29, 1.82) is 0 Å². The van der Waals surface area contributed by atoms with Crippen molar-refractivity contribution in [2.45, 2.75) is 32.0 Å². The molecule has 2 rings (SSSR count). The first-order valence-corrected chi connectivity index (χ1v) is 5.26. The third kappa shape index (κ3) is 2.36. The highest BCUT2D eigenvalue weighted by molar-refractivity contribution is 5.45. The van der Waals surface area contributed by atoms with Crippen LogP contribution in [0.1, 0.15) is 18.4 Å². The minimum absolute atomic E-state index is 0.00463. The lowest BCUT2D eigenvalue weighted by Crippen LogP contribution is -2.37. The molecule has 1 fully saturated rings. The first-order chi connectivity index (χ1) is 7.97. The van der Waals surface area contributed by atoms with Crippen molar-refractivity contribution >= 4 is 5.69 Å². The quantitative estimate of drug-likeness (QED) is 0.648. The average Bonchev–Trinajstić information content (AvgIpc) is 2.20. The minimum Gasteiger partial charge on any atom is -0.487 e. The molecule has 1 aliphatic rings. The molecule has 1 aromatic carbocycles. The van der Waals surface area contributed by atoms with E-state index in [1.54, 1.807) is 0 Å². The van der Waals surface area contributed by atoms with Crippen molar-refractivity contribution in [3.05, 3.63) is 33.6 Å². The SMILES string of the molecule is Cc1cc(OC2CC(O)C2)c(F)cc1[N+](=O)[O-]. The molecule has 0 aromatic heterocycles. The van der Waals surface area contributed by atoms with E-state index in [0.29, 0.717) is 18.4 Å². The number of aryl methyl sites for hydroxylation is 1. The molecule has 1 aliphatic carbocycles. The highest BCUT2D eigenvalue weighted by Gasteiger charge is 2.30. The second-order valence-corrected chi connectivity index (χ2v) is 4.19. The van der Waals surface area contributed by atoms with Crippen LogP contribution in [-0.4, -0.2) is 22.2 Å². The average molecular weight is 241 g/mol. The van der Waals surface area contributed by atoms with E-state index in [0.717, 1.165) is 6.07 Å². The molecular formula is C11H12FNO4. The van der Waals surface area contributed by atoms with Crippen LogP contribution >= 0.6 is 0 Å². The summed E-state index contributed by atoms with van der Waals surface area (Å²) in [5, 5.41) is 19.7. The van der Waals surface area contributed by atoms with Crippen LogP contribution in [0.3, 0.4) is 0 Å². The molecule has 6 heteroatoms. The Labute approximate surface area is 97.0 Å². The Morgan fingerprint density at radius 2 is 2.18 bits per heavy atom. The van der Waals surface area contributed by atoms with Gasteiger partial charge in [0.1, 0.15) is 6.10 Å². The van der Waals surface area contributed by atoms with E-state index < -0.39 is 10.7 Å². The molecule has 5 nitrogen and oxygen atoms in total. The summed E-state index contributed by atoms with van der Waals surface area (Å²) < 4.78 is 18.8. The van der Waals surface area contributed by atoms with Crippen molar-refractivity contribution in [2.75, 3.05) is 0 Å². The molecule has 1 N–H and O–H groups in total. The van der Waals surface area contributed by atoms with Gasteiger partial charge in [0, 0.05) is 18.4 Å². The smallest absolute Gasteiger partial charge is 0.275 e. The number of ether oxygens (including phenoxy) is 1. The number of benzene rings is 1. The summed E-state index contributed by atoms with van der Waals surface area (Å²) >= 11 is 0. The van der Waals surface area contributed by atoms with Gasteiger partial charge in [-0.3, -0.25) is 10.1 Å². The molecule has 1 aromatic rings. The molecule has 0 radical (unpaired) electrons. The van der Waals surface area contributed by atoms with Crippen molar-refractivity contribution < 1.29 is 19.2 Å². The Morgan fingerprint density at radius 3 is 2.71 bits per heavy atom. The minimum atomic E-state index is -0.747. The summed E-state index contributed by atoms with van der Waals surface area (Å²) in [5.74, 6) is -0.742. The first kappa shape index (κ1) is 11.8. The lowest BCUT2D eigenvalue weighted by atomic mass is 9.92. The topological polar surface area (TPSA) is 72.6 Å². The Kier molecular flexibility index (Phi) is 2.97. The van der Waals surface area contributed by atoms with Crippen LogP contribution in [-0.2, 0) is 0 Å². The highest BCUT2D eigenvalue weighted by Crippen LogP contribution is 2.31. The maximum atomic E-state index is 13.5.